The molecule has 103 heavy (non-hydrogen) atoms. The lowest BCUT2D eigenvalue weighted by molar-refractivity contribution is 1.07. The Kier molecular flexibility index (Phi) is 14.3. The quantitative estimate of drug-likeness (QED) is 0.0954. The molecule has 20 rings (SSSR count). The van der Waals surface area contributed by atoms with Crippen molar-refractivity contribution < 1.29 is 0 Å². The summed E-state index contributed by atoms with van der Waals surface area (Å²) < 4.78 is 0. The minimum Gasteiger partial charge on any atom is -0.311 e. The van der Waals surface area contributed by atoms with E-state index in [4.69, 9.17) is 15.0 Å². The third-order valence-corrected chi connectivity index (χ3v) is 21.0. The van der Waals surface area contributed by atoms with Crippen LogP contribution in [0.25, 0.3) is 144 Å². The molecule has 0 bridgehead atoms. The van der Waals surface area contributed by atoms with E-state index in [2.05, 4.69) is 386 Å². The van der Waals surface area contributed by atoms with Gasteiger partial charge in [0.05, 0.1) is 0 Å². The van der Waals surface area contributed by atoms with Gasteiger partial charge in [0.2, 0.25) is 0 Å². The molecular formula is C97H62BN5. The van der Waals surface area contributed by atoms with E-state index in [1.54, 1.807) is 0 Å². The first-order valence-corrected chi connectivity index (χ1v) is 35.3. The summed E-state index contributed by atoms with van der Waals surface area (Å²) in [5.41, 5.74) is 25.8. The number of benzene rings is 17. The van der Waals surface area contributed by atoms with E-state index >= 15 is 0 Å². The van der Waals surface area contributed by atoms with Crippen LogP contribution in [0, 0.1) is 0 Å². The third-order valence-electron chi connectivity index (χ3n) is 21.0. The summed E-state index contributed by atoms with van der Waals surface area (Å²) in [4.78, 5) is 22.5. The molecule has 1 aromatic heterocycles. The van der Waals surface area contributed by atoms with Gasteiger partial charge in [-0.25, -0.2) is 15.0 Å². The zero-order chi connectivity index (χ0) is 67.9. The first-order chi connectivity index (χ1) is 51.0. The van der Waals surface area contributed by atoms with Crippen molar-refractivity contribution >= 4 is 100 Å². The summed E-state index contributed by atoms with van der Waals surface area (Å²) in [5.74, 6) is 1.65. The predicted octanol–water partition coefficient (Wildman–Crippen LogP) is 23.6. The average Bonchev–Trinajstić information content (AvgIpc) is 0.688. The number of nitrogens with zero attached hydrogens (tertiary/aromatic N) is 5. The van der Waals surface area contributed by atoms with Gasteiger partial charge in [0, 0.05) is 50.8 Å². The van der Waals surface area contributed by atoms with E-state index in [1.165, 1.54) is 59.5 Å². The van der Waals surface area contributed by atoms with Gasteiger partial charge in [0.25, 0.3) is 6.71 Å². The van der Waals surface area contributed by atoms with Gasteiger partial charge < -0.3 is 9.80 Å². The molecule has 478 valence electrons. The molecule has 18 aromatic rings. The molecule has 0 N–H and O–H groups in total. The van der Waals surface area contributed by atoms with Crippen molar-refractivity contribution in [3.63, 3.8) is 0 Å². The van der Waals surface area contributed by atoms with Crippen molar-refractivity contribution in [2.24, 2.45) is 0 Å². The fourth-order valence-electron chi connectivity index (χ4n) is 16.0. The molecule has 0 atom stereocenters. The normalized spacial score (nSPS) is 12.2. The molecule has 2 aliphatic heterocycles. The number of hydrogen-bond donors (Lipinski definition) is 0. The first kappa shape index (κ1) is 59.5. The van der Waals surface area contributed by atoms with Crippen LogP contribution in [0.2, 0.25) is 0 Å². The van der Waals surface area contributed by atoms with E-state index in [-0.39, 0.29) is 6.71 Å². The fraction of sp³-hybridized carbons (Fsp3) is 0. The summed E-state index contributed by atoms with van der Waals surface area (Å²) >= 11 is 0. The molecule has 17 aromatic carbocycles. The molecule has 0 saturated carbocycles. The lowest BCUT2D eigenvalue weighted by Crippen LogP contribution is -2.61. The topological polar surface area (TPSA) is 45.2 Å². The molecule has 6 heteroatoms. The van der Waals surface area contributed by atoms with E-state index in [0.717, 1.165) is 118 Å². The standard InChI is InChI=1S/C97H62BN5/c1-7-23-63(24-8-1)69-43-47-82(48-44-69)102-90-61-86-73(41-39-71-35-19-21-37-84(71)86)57-88(90)98-89-58-74-42-40-72-36-20-22-38-85(72)87(74)62-91(89)103(83-49-45-70(46-50-83)64-25-9-2-10-26-64)93-60-81(59-92(102)94(93)98)97-100-95(79-53-75(65-27-11-3-12-28-65)51-76(54-79)66-29-13-4-14-30-66)99-96(101-97)80-55-77(67-31-15-5-16-32-67)52-78(56-80)68-33-17-6-18-34-68/h1-62H. The molecule has 5 nitrogen and oxygen atoms in total. The Morgan fingerprint density at radius 2 is 0.456 bits per heavy atom. The molecule has 0 spiro atoms. The highest BCUT2D eigenvalue weighted by Gasteiger charge is 2.44. The maximum atomic E-state index is 5.86. The lowest BCUT2D eigenvalue weighted by atomic mass is 9.33. The largest absolute Gasteiger partial charge is 0.311 e. The van der Waals surface area contributed by atoms with Crippen LogP contribution in [0.1, 0.15) is 0 Å². The Balaban J connectivity index is 0.910. The maximum absolute atomic E-state index is 5.86. The van der Waals surface area contributed by atoms with E-state index in [1.807, 2.05) is 0 Å². The minimum atomic E-state index is -0.228. The van der Waals surface area contributed by atoms with Gasteiger partial charge in [0.15, 0.2) is 17.5 Å². The third kappa shape index (κ3) is 10.5. The zero-order valence-corrected chi connectivity index (χ0v) is 56.1. The van der Waals surface area contributed by atoms with E-state index in [0.29, 0.717) is 17.5 Å². The molecule has 3 heterocycles. The molecule has 0 saturated heterocycles. The van der Waals surface area contributed by atoms with Crippen molar-refractivity contribution in [2.45, 2.75) is 0 Å². The Bertz CT molecular complexity index is 5840. The van der Waals surface area contributed by atoms with Gasteiger partial charge in [-0.2, -0.15) is 0 Å². The summed E-state index contributed by atoms with van der Waals surface area (Å²) in [6.07, 6.45) is 0. The monoisotopic (exact) mass is 1310 g/mol. The molecule has 0 aliphatic carbocycles. The predicted molar refractivity (Wildman–Crippen MR) is 433 cm³/mol. The highest BCUT2D eigenvalue weighted by molar-refractivity contribution is 7.00. The van der Waals surface area contributed by atoms with Crippen LogP contribution in [0.3, 0.4) is 0 Å². The summed E-state index contributed by atoms with van der Waals surface area (Å²) in [5, 5.41) is 9.57. The van der Waals surface area contributed by atoms with Crippen molar-refractivity contribution in [1.29, 1.82) is 0 Å². The Morgan fingerprint density at radius 3 is 0.796 bits per heavy atom. The molecule has 0 unspecified atom stereocenters. The Hall–Kier alpha value is -13.5. The smallest absolute Gasteiger partial charge is 0.252 e. The van der Waals surface area contributed by atoms with Gasteiger partial charge in [-0.1, -0.05) is 291 Å². The van der Waals surface area contributed by atoms with Crippen molar-refractivity contribution in [3.05, 3.63) is 376 Å². The number of hydrogen-bond acceptors (Lipinski definition) is 5. The van der Waals surface area contributed by atoms with Gasteiger partial charge in [0.1, 0.15) is 0 Å². The van der Waals surface area contributed by atoms with Gasteiger partial charge in [-0.3, -0.25) is 0 Å². The van der Waals surface area contributed by atoms with Crippen LogP contribution in [0.4, 0.5) is 34.1 Å². The van der Waals surface area contributed by atoms with Crippen LogP contribution >= 0.6 is 0 Å². The van der Waals surface area contributed by atoms with Crippen LogP contribution in [-0.4, -0.2) is 21.7 Å². The van der Waals surface area contributed by atoms with Gasteiger partial charge >= 0.3 is 0 Å². The second kappa shape index (κ2) is 24.7. The average molecular weight is 1310 g/mol. The highest BCUT2D eigenvalue weighted by Crippen LogP contribution is 2.49. The van der Waals surface area contributed by atoms with Crippen LogP contribution in [0.15, 0.2) is 376 Å². The number of anilines is 6. The Labute approximate surface area is 598 Å². The van der Waals surface area contributed by atoms with Crippen molar-refractivity contribution in [3.8, 4) is 101 Å². The first-order valence-electron chi connectivity index (χ1n) is 35.3. The number of aromatic nitrogens is 3. The zero-order valence-electron chi connectivity index (χ0n) is 56.1. The molecule has 0 radical (unpaired) electrons. The number of fused-ring (bicyclic) bond motifs is 10. The Morgan fingerprint density at radius 1 is 0.184 bits per heavy atom. The van der Waals surface area contributed by atoms with Gasteiger partial charge in [-0.05, 0) is 211 Å². The highest BCUT2D eigenvalue weighted by atomic mass is 15.2. The van der Waals surface area contributed by atoms with Crippen molar-refractivity contribution in [1.82, 2.24) is 15.0 Å². The molecule has 0 amide bonds. The van der Waals surface area contributed by atoms with Crippen LogP contribution in [-0.2, 0) is 0 Å². The lowest BCUT2D eigenvalue weighted by Gasteiger charge is -2.44. The summed E-state index contributed by atoms with van der Waals surface area (Å²) in [6.45, 7) is -0.228. The second-order valence-corrected chi connectivity index (χ2v) is 27.1. The molecular weight excluding hydrogens is 1250 g/mol. The molecule has 2 aliphatic rings. The molecule has 0 fully saturated rings. The maximum Gasteiger partial charge on any atom is 0.252 e. The van der Waals surface area contributed by atoms with Gasteiger partial charge in [-0.15, -0.1) is 0 Å². The summed E-state index contributed by atoms with van der Waals surface area (Å²) in [6, 6.07) is 137. The van der Waals surface area contributed by atoms with Crippen LogP contribution in [0.5, 0.6) is 0 Å². The van der Waals surface area contributed by atoms with Crippen molar-refractivity contribution in [2.75, 3.05) is 9.80 Å². The minimum absolute atomic E-state index is 0.228. The number of rotatable bonds is 11. The van der Waals surface area contributed by atoms with Crippen LogP contribution < -0.4 is 26.2 Å². The van der Waals surface area contributed by atoms with E-state index in [9.17, 15) is 0 Å². The SMILES string of the molecule is c1ccc(-c2ccc(N3c4cc5c(ccc6ccccc65)cc4B4c5cc6ccc7ccccc7c6cc5N(c5ccc(-c6ccccc6)cc5)c5cc(-c6nc(-c7cc(-c8ccccc8)cc(-c8ccccc8)c7)nc(-c7cc(-c8ccccc8)cc(-c8ccccc8)c7)n6)cc3c54)cc2)cc1. The summed E-state index contributed by atoms with van der Waals surface area (Å²) in [7, 11) is 0. The second-order valence-electron chi connectivity index (χ2n) is 27.1. The van der Waals surface area contributed by atoms with E-state index < -0.39 is 0 Å². The fourth-order valence-corrected chi connectivity index (χ4v) is 16.0.